The Morgan fingerprint density at radius 2 is 1.73 bits per heavy atom. The molecule has 210 valence electrons. The van der Waals surface area contributed by atoms with E-state index in [0.29, 0.717) is 34.0 Å². The molecule has 2 aromatic rings. The summed E-state index contributed by atoms with van der Waals surface area (Å²) in [7, 11) is 1.43. The van der Waals surface area contributed by atoms with Crippen LogP contribution in [0.5, 0.6) is 17.2 Å². The van der Waals surface area contributed by atoms with Gasteiger partial charge in [0, 0.05) is 29.7 Å². The van der Waals surface area contributed by atoms with Gasteiger partial charge in [0.2, 0.25) is 11.8 Å². The second-order valence-electron chi connectivity index (χ2n) is 10.7. The van der Waals surface area contributed by atoms with E-state index in [2.05, 4.69) is 31.9 Å². The Labute approximate surface area is 252 Å². The summed E-state index contributed by atoms with van der Waals surface area (Å²) in [6, 6.07) is 9.98. The number of halogens is 2. The summed E-state index contributed by atoms with van der Waals surface area (Å²) >= 11 is 6.61. The van der Waals surface area contributed by atoms with Crippen LogP contribution < -0.4 is 4.74 Å². The third-order valence-electron chi connectivity index (χ3n) is 8.59. The summed E-state index contributed by atoms with van der Waals surface area (Å²) in [5, 5.41) is 20.0. The molecule has 1 saturated heterocycles. The molecule has 0 spiro atoms. The molecule has 0 saturated carbocycles. The summed E-state index contributed by atoms with van der Waals surface area (Å²) in [6.45, 7) is 0.211. The molecule has 4 aliphatic rings. The van der Waals surface area contributed by atoms with Crippen molar-refractivity contribution in [3.63, 3.8) is 0 Å². The number of carbonyl (C=O) groups excluding carboxylic acids is 4. The predicted molar refractivity (Wildman–Crippen MR) is 155 cm³/mol. The number of Topliss-reactive ketones (excluding diaryl/α,β-unsaturated/α-hetero) is 1. The van der Waals surface area contributed by atoms with Gasteiger partial charge in [-0.25, -0.2) is 0 Å². The van der Waals surface area contributed by atoms with Crippen LogP contribution in [0.25, 0.3) is 0 Å². The van der Waals surface area contributed by atoms with Crippen LogP contribution in [-0.4, -0.2) is 52.1 Å². The number of hydrogen-bond donors (Lipinski definition) is 2. The zero-order valence-corrected chi connectivity index (χ0v) is 25.1. The van der Waals surface area contributed by atoms with Gasteiger partial charge < -0.3 is 14.9 Å². The number of phenolic OH excluding ortho intramolecular Hbond substituents is 2. The van der Waals surface area contributed by atoms with Crippen molar-refractivity contribution >= 4 is 55.2 Å². The first-order valence-electron chi connectivity index (χ1n) is 13.2. The minimum atomic E-state index is -0.658. The molecule has 3 aliphatic carbocycles. The van der Waals surface area contributed by atoms with Crippen LogP contribution in [0, 0.1) is 17.8 Å². The topological polar surface area (TPSA) is 121 Å². The highest BCUT2D eigenvalue weighted by Gasteiger charge is 2.56. The fourth-order valence-corrected chi connectivity index (χ4v) is 7.60. The summed E-state index contributed by atoms with van der Waals surface area (Å²) < 4.78 is 5.90. The maximum atomic E-state index is 13.9. The molecule has 6 rings (SSSR count). The van der Waals surface area contributed by atoms with Gasteiger partial charge in [-0.3, -0.25) is 24.1 Å². The third kappa shape index (κ3) is 4.48. The highest BCUT2D eigenvalue weighted by Crippen LogP contribution is 2.56. The second kappa shape index (κ2) is 10.4. The fourth-order valence-electron chi connectivity index (χ4n) is 6.69. The quantitative estimate of drug-likeness (QED) is 0.262. The molecule has 1 aliphatic heterocycles. The molecule has 0 radical (unpaired) electrons. The maximum absolute atomic E-state index is 13.9. The van der Waals surface area contributed by atoms with Crippen molar-refractivity contribution in [3.8, 4) is 17.2 Å². The molecule has 4 atom stereocenters. The minimum Gasteiger partial charge on any atom is -0.508 e. The molecule has 2 N–H and O–H groups in total. The van der Waals surface area contributed by atoms with Crippen LogP contribution >= 0.6 is 31.9 Å². The van der Waals surface area contributed by atoms with E-state index in [-0.39, 0.29) is 58.1 Å². The lowest BCUT2D eigenvalue weighted by Crippen LogP contribution is -2.39. The van der Waals surface area contributed by atoms with Crippen LogP contribution in [0.1, 0.15) is 29.9 Å². The molecular weight excluding hydrogens is 658 g/mol. The lowest BCUT2D eigenvalue weighted by atomic mass is 9.59. The average molecular weight is 683 g/mol. The van der Waals surface area contributed by atoms with Gasteiger partial charge in [-0.15, -0.1) is 0 Å². The highest BCUT2D eigenvalue weighted by molar-refractivity contribution is 9.12. The Balaban J connectivity index is 1.40. The number of aromatic hydroxyl groups is 2. The van der Waals surface area contributed by atoms with Crippen LogP contribution in [0.2, 0.25) is 0 Å². The van der Waals surface area contributed by atoms with Gasteiger partial charge in [0.25, 0.3) is 0 Å². The average Bonchev–Trinajstić information content (AvgIpc) is 3.20. The number of ether oxygens (including phenoxy) is 1. The van der Waals surface area contributed by atoms with Crippen molar-refractivity contribution in [3.05, 3.63) is 85.4 Å². The first-order valence-corrected chi connectivity index (χ1v) is 14.8. The van der Waals surface area contributed by atoms with Crippen LogP contribution in [0.3, 0.4) is 0 Å². The number of nitrogens with zero attached hydrogens (tertiary/aromatic N) is 1. The summed E-state index contributed by atoms with van der Waals surface area (Å²) in [5.74, 6) is -3.18. The number of phenols is 2. The van der Waals surface area contributed by atoms with E-state index in [0.717, 1.165) is 11.1 Å². The number of amides is 2. The number of fused-ring (bicyclic) bond motifs is 3. The van der Waals surface area contributed by atoms with E-state index < -0.39 is 23.7 Å². The second-order valence-corrected chi connectivity index (χ2v) is 12.4. The Kier molecular flexibility index (Phi) is 7.02. The number of allylic oxidation sites excluding steroid dienone is 6. The van der Waals surface area contributed by atoms with E-state index in [4.69, 9.17) is 4.74 Å². The molecule has 0 bridgehead atoms. The Morgan fingerprint density at radius 1 is 1.00 bits per heavy atom. The zero-order chi connectivity index (χ0) is 29.2. The number of likely N-dealkylation sites (tertiary alicyclic amines) is 1. The van der Waals surface area contributed by atoms with Crippen LogP contribution in [0.15, 0.2) is 74.2 Å². The van der Waals surface area contributed by atoms with Crippen molar-refractivity contribution < 1.29 is 34.1 Å². The normalized spacial score (nSPS) is 25.5. The first kappa shape index (κ1) is 27.7. The lowest BCUT2D eigenvalue weighted by molar-refractivity contribution is -0.140. The molecule has 2 aromatic carbocycles. The Hall–Kier alpha value is -3.50. The molecule has 1 fully saturated rings. The third-order valence-corrected chi connectivity index (χ3v) is 9.78. The SMILES string of the molecule is COc1cc([C@H]2C3=CC[C@@H]4C(=O)N(CCc5ccc(O)cc5)C(=O)[C@@H]4[C@@H]3CC3=C2C(=O)C=C(Br)C3=O)cc(Br)c1O. The standard InChI is InChI=1S/C31H25Br2NO7/c1-41-24-11-15(10-21(32)29(24)38)25-17-6-7-18-26(19(17)12-20-27(25)23(36)13-22(33)28(20)37)31(40)34(30(18)39)9-8-14-2-4-16(35)5-3-14/h2-6,10-11,13,18-19,25-26,35,38H,7-9,12H2,1H3/t18-,19+,25-,26-/m0/s1. The van der Waals surface area contributed by atoms with Crippen LogP contribution in [0.4, 0.5) is 0 Å². The summed E-state index contributed by atoms with van der Waals surface area (Å²) in [4.78, 5) is 55.5. The predicted octanol–water partition coefficient (Wildman–Crippen LogP) is 4.87. The fraction of sp³-hybridized carbons (Fsp3) is 0.290. The molecule has 2 amide bonds. The maximum Gasteiger partial charge on any atom is 0.233 e. The van der Waals surface area contributed by atoms with Crippen molar-refractivity contribution in [2.24, 2.45) is 17.8 Å². The largest absolute Gasteiger partial charge is 0.508 e. The van der Waals surface area contributed by atoms with Gasteiger partial charge in [0.05, 0.1) is 27.9 Å². The number of benzene rings is 2. The molecule has 10 heteroatoms. The van der Waals surface area contributed by atoms with Gasteiger partial charge in [0.1, 0.15) is 5.75 Å². The molecule has 41 heavy (non-hydrogen) atoms. The molecule has 8 nitrogen and oxygen atoms in total. The van der Waals surface area contributed by atoms with E-state index >= 15 is 0 Å². The molecule has 1 heterocycles. The van der Waals surface area contributed by atoms with E-state index in [9.17, 15) is 29.4 Å². The number of methoxy groups -OCH3 is 1. The van der Waals surface area contributed by atoms with Crippen molar-refractivity contribution in [1.82, 2.24) is 4.90 Å². The number of ketones is 2. The van der Waals surface area contributed by atoms with Gasteiger partial charge in [-0.05, 0) is 92.4 Å². The van der Waals surface area contributed by atoms with E-state index in [1.165, 1.54) is 18.1 Å². The van der Waals surface area contributed by atoms with Gasteiger partial charge in [-0.1, -0.05) is 23.8 Å². The first-order chi connectivity index (χ1) is 19.6. The Bertz CT molecular complexity index is 1620. The number of rotatable bonds is 5. The van der Waals surface area contributed by atoms with Crippen molar-refractivity contribution in [2.75, 3.05) is 13.7 Å². The lowest BCUT2D eigenvalue weighted by Gasteiger charge is -2.42. The van der Waals surface area contributed by atoms with Gasteiger partial charge in [0.15, 0.2) is 23.1 Å². The molecule has 0 unspecified atom stereocenters. The number of imide groups is 1. The number of carbonyl (C=O) groups is 4. The Morgan fingerprint density at radius 3 is 2.44 bits per heavy atom. The summed E-state index contributed by atoms with van der Waals surface area (Å²) in [6.07, 6.45) is 4.20. The van der Waals surface area contributed by atoms with Gasteiger partial charge in [-0.2, -0.15) is 0 Å². The minimum absolute atomic E-state index is 0.0926. The van der Waals surface area contributed by atoms with Crippen molar-refractivity contribution in [2.45, 2.75) is 25.2 Å². The number of hydrogen-bond acceptors (Lipinski definition) is 7. The van der Waals surface area contributed by atoms with Crippen LogP contribution in [-0.2, 0) is 25.6 Å². The molecule has 0 aromatic heterocycles. The highest BCUT2D eigenvalue weighted by atomic mass is 79.9. The van der Waals surface area contributed by atoms with E-state index in [1.807, 2.05) is 6.08 Å². The van der Waals surface area contributed by atoms with Crippen molar-refractivity contribution in [1.29, 1.82) is 0 Å². The van der Waals surface area contributed by atoms with E-state index in [1.54, 1.807) is 36.4 Å². The molecular formula is C31H25Br2NO7. The smallest absolute Gasteiger partial charge is 0.233 e. The summed E-state index contributed by atoms with van der Waals surface area (Å²) in [5.41, 5.74) is 3.02. The monoisotopic (exact) mass is 681 g/mol. The zero-order valence-electron chi connectivity index (χ0n) is 21.9. The van der Waals surface area contributed by atoms with Gasteiger partial charge >= 0.3 is 0 Å².